The summed E-state index contributed by atoms with van der Waals surface area (Å²) in [6.07, 6.45) is 7.00. The molecule has 204 valence electrons. The molecular weight excluding hydrogens is 542 g/mol. The third-order valence-electron chi connectivity index (χ3n) is 6.42. The fourth-order valence-corrected chi connectivity index (χ4v) is 5.68. The molecule has 2 N–H and O–H groups in total. The van der Waals surface area contributed by atoms with Crippen LogP contribution < -0.4 is 10.6 Å². The van der Waals surface area contributed by atoms with E-state index in [9.17, 15) is 8.42 Å². The van der Waals surface area contributed by atoms with E-state index >= 15 is 0 Å². The Balaban J connectivity index is 1.46. The number of aromatic nitrogens is 5. The van der Waals surface area contributed by atoms with Gasteiger partial charge in [-0.3, -0.25) is 4.68 Å². The van der Waals surface area contributed by atoms with E-state index in [-0.39, 0.29) is 12.3 Å². The summed E-state index contributed by atoms with van der Waals surface area (Å²) in [5, 5.41) is 13.5. The third-order valence-corrected chi connectivity index (χ3v) is 9.34. The highest BCUT2D eigenvalue weighted by Gasteiger charge is 2.25. The standard InChI is InChI=1S/C25H34ClN7O3SSi/c1-37(34,35)12-10-33-21-7-5-6-20(18(21)14-27-33)29-25-30-23(28-17-8-9-17)22-19(26)15-32(24(22)31-25)16-36-11-13-38(2,3)4/h5-7,14-15,17H,8-13,16H2,1-4H3,(H2,28,29,30,31). The van der Waals surface area contributed by atoms with Crippen LogP contribution >= 0.6 is 11.6 Å². The molecule has 4 aromatic rings. The largest absolute Gasteiger partial charge is 0.367 e. The van der Waals surface area contributed by atoms with Crippen molar-refractivity contribution in [2.75, 3.05) is 29.2 Å². The molecule has 0 aliphatic heterocycles. The summed E-state index contributed by atoms with van der Waals surface area (Å²) < 4.78 is 32.9. The van der Waals surface area contributed by atoms with Crippen molar-refractivity contribution >= 4 is 68.9 Å². The van der Waals surface area contributed by atoms with Gasteiger partial charge in [-0.05, 0) is 31.0 Å². The SMILES string of the molecule is C[Si](C)(C)CCOCn1cc(Cl)c2c(NC3CC3)nc(Nc3cccc4c3cnn4CCS(C)(=O)=O)nc21. The highest BCUT2D eigenvalue weighted by molar-refractivity contribution is 7.90. The van der Waals surface area contributed by atoms with Crippen molar-refractivity contribution in [3.05, 3.63) is 35.6 Å². The summed E-state index contributed by atoms with van der Waals surface area (Å²) in [6.45, 7) is 8.32. The first-order valence-electron chi connectivity index (χ1n) is 12.8. The van der Waals surface area contributed by atoms with Crippen molar-refractivity contribution in [3.8, 4) is 0 Å². The molecule has 0 bridgehead atoms. The van der Waals surface area contributed by atoms with Crippen LogP contribution in [0.2, 0.25) is 30.7 Å². The predicted molar refractivity (Wildman–Crippen MR) is 156 cm³/mol. The van der Waals surface area contributed by atoms with Gasteiger partial charge >= 0.3 is 0 Å². The number of aryl methyl sites for hydroxylation is 1. The van der Waals surface area contributed by atoms with Crippen molar-refractivity contribution in [2.45, 2.75) is 57.8 Å². The quantitative estimate of drug-likeness (QED) is 0.177. The first-order chi connectivity index (χ1) is 18.0. The van der Waals surface area contributed by atoms with Crippen LogP contribution in [0.5, 0.6) is 0 Å². The molecule has 13 heteroatoms. The summed E-state index contributed by atoms with van der Waals surface area (Å²) in [5.41, 5.74) is 2.30. The zero-order chi connectivity index (χ0) is 27.1. The fourth-order valence-electron chi connectivity index (χ4n) is 4.12. The lowest BCUT2D eigenvalue weighted by Gasteiger charge is -2.16. The molecule has 0 radical (unpaired) electrons. The van der Waals surface area contributed by atoms with E-state index in [0.29, 0.717) is 41.8 Å². The summed E-state index contributed by atoms with van der Waals surface area (Å²) >= 11 is 6.66. The molecular formula is C25H34ClN7O3SSi. The number of halogens is 1. The number of hydrogen-bond donors (Lipinski definition) is 2. The Hall–Kier alpha value is -2.67. The molecule has 0 saturated heterocycles. The summed E-state index contributed by atoms with van der Waals surface area (Å²) in [6, 6.07) is 7.21. The van der Waals surface area contributed by atoms with Crippen LogP contribution in [-0.2, 0) is 27.8 Å². The van der Waals surface area contributed by atoms with Gasteiger partial charge in [0.05, 0.1) is 40.1 Å². The van der Waals surface area contributed by atoms with Gasteiger partial charge in [0, 0.05) is 38.6 Å². The van der Waals surface area contributed by atoms with Crippen LogP contribution in [0.25, 0.3) is 21.9 Å². The minimum atomic E-state index is -3.10. The first-order valence-corrected chi connectivity index (χ1v) is 18.9. The third kappa shape index (κ3) is 6.48. The van der Waals surface area contributed by atoms with Crippen LogP contribution in [0.1, 0.15) is 12.8 Å². The maximum Gasteiger partial charge on any atom is 0.231 e. The van der Waals surface area contributed by atoms with Gasteiger partial charge in [-0.25, -0.2) is 8.42 Å². The first kappa shape index (κ1) is 26.9. The normalized spacial score (nSPS) is 14.4. The minimum absolute atomic E-state index is 0.0230. The van der Waals surface area contributed by atoms with Gasteiger partial charge in [-0.15, -0.1) is 0 Å². The Morgan fingerprint density at radius 2 is 2.00 bits per heavy atom. The fraction of sp³-hybridized carbons (Fsp3) is 0.480. The molecule has 38 heavy (non-hydrogen) atoms. The summed E-state index contributed by atoms with van der Waals surface area (Å²) in [4.78, 5) is 9.62. The Kier molecular flexibility index (Phi) is 7.42. The van der Waals surface area contributed by atoms with Crippen molar-refractivity contribution in [2.24, 2.45) is 0 Å². The van der Waals surface area contributed by atoms with Gasteiger partial charge < -0.3 is 19.9 Å². The maximum absolute atomic E-state index is 11.7. The van der Waals surface area contributed by atoms with Crippen molar-refractivity contribution in [3.63, 3.8) is 0 Å². The zero-order valence-corrected chi connectivity index (χ0v) is 24.7. The minimum Gasteiger partial charge on any atom is -0.367 e. The molecule has 1 fully saturated rings. The molecule has 1 saturated carbocycles. The predicted octanol–water partition coefficient (Wildman–Crippen LogP) is 5.11. The number of nitrogens with zero attached hydrogens (tertiary/aromatic N) is 5. The van der Waals surface area contributed by atoms with E-state index < -0.39 is 17.9 Å². The molecule has 0 unspecified atom stereocenters. The lowest BCUT2D eigenvalue weighted by atomic mass is 10.2. The van der Waals surface area contributed by atoms with Crippen LogP contribution in [0.3, 0.4) is 0 Å². The van der Waals surface area contributed by atoms with E-state index in [0.717, 1.165) is 40.9 Å². The number of fused-ring (bicyclic) bond motifs is 2. The molecule has 3 aromatic heterocycles. The smallest absolute Gasteiger partial charge is 0.231 e. The highest BCUT2D eigenvalue weighted by Crippen LogP contribution is 2.35. The van der Waals surface area contributed by atoms with Crippen molar-refractivity contribution in [1.29, 1.82) is 0 Å². The lowest BCUT2D eigenvalue weighted by molar-refractivity contribution is 0.0899. The Bertz CT molecular complexity index is 1580. The van der Waals surface area contributed by atoms with E-state index in [4.69, 9.17) is 26.3 Å². The average molecular weight is 576 g/mol. The molecule has 1 aliphatic rings. The molecule has 0 spiro atoms. The number of nitrogens with one attached hydrogen (secondary N) is 2. The van der Waals surface area contributed by atoms with Gasteiger partial charge in [0.15, 0.2) is 5.65 Å². The van der Waals surface area contributed by atoms with Gasteiger partial charge in [-0.2, -0.15) is 15.1 Å². The number of sulfone groups is 1. The number of benzene rings is 1. The number of rotatable bonds is 12. The number of hydrogen-bond acceptors (Lipinski definition) is 8. The molecule has 1 aromatic carbocycles. The summed E-state index contributed by atoms with van der Waals surface area (Å²) in [5.74, 6) is 1.15. The van der Waals surface area contributed by atoms with E-state index in [1.807, 2.05) is 29.0 Å². The topological polar surface area (TPSA) is 116 Å². The van der Waals surface area contributed by atoms with Crippen molar-refractivity contribution in [1.82, 2.24) is 24.3 Å². The van der Waals surface area contributed by atoms with Crippen LogP contribution in [0.15, 0.2) is 30.6 Å². The number of ether oxygens (including phenoxy) is 1. The summed E-state index contributed by atoms with van der Waals surface area (Å²) in [7, 11) is -4.30. The second-order valence-electron chi connectivity index (χ2n) is 11.2. The molecule has 0 amide bonds. The van der Waals surface area contributed by atoms with Gasteiger partial charge in [0.2, 0.25) is 5.95 Å². The van der Waals surface area contributed by atoms with Gasteiger partial charge in [0.1, 0.15) is 22.4 Å². The molecule has 0 atom stereocenters. The molecule has 10 nitrogen and oxygen atoms in total. The van der Waals surface area contributed by atoms with Crippen molar-refractivity contribution < 1.29 is 13.2 Å². The second kappa shape index (κ2) is 10.5. The highest BCUT2D eigenvalue weighted by atomic mass is 35.5. The van der Waals surface area contributed by atoms with E-state index in [2.05, 4.69) is 35.4 Å². The Labute approximate surface area is 228 Å². The molecule has 1 aliphatic carbocycles. The number of anilines is 3. The molecule has 3 heterocycles. The van der Waals surface area contributed by atoms with Gasteiger partial charge in [0.25, 0.3) is 0 Å². The van der Waals surface area contributed by atoms with Gasteiger partial charge in [-0.1, -0.05) is 37.3 Å². The maximum atomic E-state index is 11.7. The average Bonchev–Trinajstić information content (AvgIpc) is 3.44. The van der Waals surface area contributed by atoms with Crippen LogP contribution in [0.4, 0.5) is 17.5 Å². The lowest BCUT2D eigenvalue weighted by Crippen LogP contribution is -2.22. The monoisotopic (exact) mass is 575 g/mol. The van der Waals surface area contributed by atoms with E-state index in [1.165, 1.54) is 6.26 Å². The second-order valence-corrected chi connectivity index (χ2v) is 19.5. The molecule has 5 rings (SSSR count). The van der Waals surface area contributed by atoms with E-state index in [1.54, 1.807) is 10.9 Å². The zero-order valence-electron chi connectivity index (χ0n) is 22.2. The Morgan fingerprint density at radius 3 is 2.71 bits per heavy atom. The van der Waals surface area contributed by atoms with Crippen LogP contribution in [-0.4, -0.2) is 65.5 Å². The van der Waals surface area contributed by atoms with Crippen LogP contribution in [0, 0.1) is 0 Å². The Morgan fingerprint density at radius 1 is 1.21 bits per heavy atom.